The van der Waals surface area contributed by atoms with Gasteiger partial charge in [0.15, 0.2) is 11.5 Å². The molecule has 0 amide bonds. The first-order valence-electron chi connectivity index (χ1n) is 8.00. The molecule has 1 aliphatic rings. The molecule has 3 rings (SSSR count). The molecular weight excluding hydrogens is 304 g/mol. The zero-order valence-electron chi connectivity index (χ0n) is 13.4. The van der Waals surface area contributed by atoms with Crippen molar-refractivity contribution < 1.29 is 19.0 Å². The van der Waals surface area contributed by atoms with Gasteiger partial charge in [0.25, 0.3) is 0 Å². The standard InChI is InChI=1S/C20H20O4/c1-2-6-17(16-10-11-18-19(13-16)23-14-22-18)24-20(21)12-9-15-7-4-3-5-8-15/h2-5,7-8,10-11,13,17H,1,6,9,12,14H2. The van der Waals surface area contributed by atoms with Gasteiger partial charge in [-0.2, -0.15) is 0 Å². The number of hydrogen-bond donors (Lipinski definition) is 0. The Morgan fingerprint density at radius 3 is 2.75 bits per heavy atom. The molecule has 4 nitrogen and oxygen atoms in total. The molecule has 0 bridgehead atoms. The Labute approximate surface area is 141 Å². The summed E-state index contributed by atoms with van der Waals surface area (Å²) in [7, 11) is 0. The summed E-state index contributed by atoms with van der Waals surface area (Å²) in [5.74, 6) is 1.18. The highest BCUT2D eigenvalue weighted by Crippen LogP contribution is 2.35. The van der Waals surface area contributed by atoms with E-state index in [9.17, 15) is 4.79 Å². The number of hydrogen-bond acceptors (Lipinski definition) is 4. The van der Waals surface area contributed by atoms with Gasteiger partial charge in [0, 0.05) is 12.8 Å². The molecule has 1 atom stereocenters. The monoisotopic (exact) mass is 324 g/mol. The number of carbonyl (C=O) groups excluding carboxylic acids is 1. The van der Waals surface area contributed by atoms with Crippen molar-refractivity contribution in [2.24, 2.45) is 0 Å². The van der Waals surface area contributed by atoms with Crippen LogP contribution >= 0.6 is 0 Å². The minimum atomic E-state index is -0.361. The van der Waals surface area contributed by atoms with Crippen LogP contribution in [0.3, 0.4) is 0 Å². The normalized spacial score (nSPS) is 13.3. The van der Waals surface area contributed by atoms with Crippen LogP contribution in [0.2, 0.25) is 0 Å². The maximum absolute atomic E-state index is 12.2. The van der Waals surface area contributed by atoms with Gasteiger partial charge in [0.2, 0.25) is 6.79 Å². The Morgan fingerprint density at radius 1 is 1.17 bits per heavy atom. The summed E-state index contributed by atoms with van der Waals surface area (Å²) in [4.78, 5) is 12.2. The molecule has 24 heavy (non-hydrogen) atoms. The average Bonchev–Trinajstić information content (AvgIpc) is 3.08. The van der Waals surface area contributed by atoms with E-state index in [4.69, 9.17) is 14.2 Å². The van der Waals surface area contributed by atoms with E-state index in [0.29, 0.717) is 30.8 Å². The number of aryl methyl sites for hydroxylation is 1. The van der Waals surface area contributed by atoms with Gasteiger partial charge in [-0.05, 0) is 29.7 Å². The maximum atomic E-state index is 12.2. The number of rotatable bonds is 7. The first-order valence-corrected chi connectivity index (χ1v) is 8.00. The van der Waals surface area contributed by atoms with Crippen molar-refractivity contribution in [2.45, 2.75) is 25.4 Å². The molecule has 4 heteroatoms. The molecule has 0 saturated carbocycles. The number of esters is 1. The zero-order valence-corrected chi connectivity index (χ0v) is 13.4. The van der Waals surface area contributed by atoms with Crippen LogP contribution in [-0.2, 0) is 16.0 Å². The van der Waals surface area contributed by atoms with Crippen LogP contribution in [0.1, 0.15) is 30.1 Å². The highest BCUT2D eigenvalue weighted by Gasteiger charge is 2.20. The van der Waals surface area contributed by atoms with Crippen molar-refractivity contribution in [3.63, 3.8) is 0 Å². The van der Waals surface area contributed by atoms with E-state index < -0.39 is 0 Å². The zero-order chi connectivity index (χ0) is 16.8. The fourth-order valence-electron chi connectivity index (χ4n) is 2.63. The second-order valence-corrected chi connectivity index (χ2v) is 5.60. The lowest BCUT2D eigenvalue weighted by molar-refractivity contribution is -0.149. The van der Waals surface area contributed by atoms with Gasteiger partial charge in [-0.15, -0.1) is 6.58 Å². The Bertz CT molecular complexity index is 709. The second-order valence-electron chi connectivity index (χ2n) is 5.60. The van der Waals surface area contributed by atoms with Crippen molar-refractivity contribution in [3.05, 3.63) is 72.3 Å². The lowest BCUT2D eigenvalue weighted by Gasteiger charge is -2.17. The highest BCUT2D eigenvalue weighted by molar-refractivity contribution is 5.70. The molecule has 1 heterocycles. The van der Waals surface area contributed by atoms with Crippen LogP contribution < -0.4 is 9.47 Å². The predicted octanol–water partition coefficient (Wildman–Crippen LogP) is 4.21. The van der Waals surface area contributed by atoms with Gasteiger partial charge >= 0.3 is 5.97 Å². The maximum Gasteiger partial charge on any atom is 0.306 e. The summed E-state index contributed by atoms with van der Waals surface area (Å²) in [5, 5.41) is 0. The Morgan fingerprint density at radius 2 is 1.96 bits per heavy atom. The molecule has 0 radical (unpaired) electrons. The Hall–Kier alpha value is -2.75. The molecule has 1 unspecified atom stereocenters. The number of fused-ring (bicyclic) bond motifs is 1. The molecule has 2 aromatic carbocycles. The largest absolute Gasteiger partial charge is 0.457 e. The van der Waals surface area contributed by atoms with Crippen LogP contribution in [0.5, 0.6) is 11.5 Å². The van der Waals surface area contributed by atoms with Crippen LogP contribution in [0.4, 0.5) is 0 Å². The van der Waals surface area contributed by atoms with Crippen molar-refractivity contribution in [1.82, 2.24) is 0 Å². The third-order valence-electron chi connectivity index (χ3n) is 3.88. The SMILES string of the molecule is C=CCC(OC(=O)CCc1ccccc1)c1ccc2c(c1)OCO2. The molecule has 0 N–H and O–H groups in total. The van der Waals surface area contributed by atoms with E-state index in [1.807, 2.05) is 48.5 Å². The third-order valence-corrected chi connectivity index (χ3v) is 3.88. The molecule has 0 spiro atoms. The molecular formula is C20H20O4. The number of benzene rings is 2. The van der Waals surface area contributed by atoms with E-state index in [1.165, 1.54) is 0 Å². The molecule has 0 saturated heterocycles. The van der Waals surface area contributed by atoms with Crippen LogP contribution in [-0.4, -0.2) is 12.8 Å². The lowest BCUT2D eigenvalue weighted by Crippen LogP contribution is -2.12. The summed E-state index contributed by atoms with van der Waals surface area (Å²) < 4.78 is 16.4. The summed E-state index contributed by atoms with van der Waals surface area (Å²) in [6, 6.07) is 15.5. The van der Waals surface area contributed by atoms with Gasteiger partial charge < -0.3 is 14.2 Å². The molecule has 0 fully saturated rings. The van der Waals surface area contributed by atoms with Crippen LogP contribution in [0.25, 0.3) is 0 Å². The first kappa shape index (κ1) is 16.1. The number of carbonyl (C=O) groups is 1. The molecule has 0 aliphatic carbocycles. The van der Waals surface area contributed by atoms with Crippen LogP contribution in [0, 0.1) is 0 Å². The van der Waals surface area contributed by atoms with Gasteiger partial charge in [0.1, 0.15) is 6.10 Å². The summed E-state index contributed by atoms with van der Waals surface area (Å²) >= 11 is 0. The van der Waals surface area contributed by atoms with Crippen molar-refractivity contribution in [1.29, 1.82) is 0 Å². The number of ether oxygens (including phenoxy) is 3. The Balaban J connectivity index is 1.63. The van der Waals surface area contributed by atoms with E-state index in [2.05, 4.69) is 6.58 Å². The fourth-order valence-corrected chi connectivity index (χ4v) is 2.63. The Kier molecular flexibility index (Phi) is 5.16. The van der Waals surface area contributed by atoms with E-state index in [0.717, 1.165) is 11.1 Å². The third kappa shape index (κ3) is 3.96. The molecule has 0 aromatic heterocycles. The van der Waals surface area contributed by atoms with E-state index in [-0.39, 0.29) is 18.9 Å². The first-order chi connectivity index (χ1) is 11.8. The quantitative estimate of drug-likeness (QED) is 0.565. The molecule has 2 aromatic rings. The molecule has 124 valence electrons. The van der Waals surface area contributed by atoms with Crippen molar-refractivity contribution in [3.8, 4) is 11.5 Å². The van der Waals surface area contributed by atoms with Crippen molar-refractivity contribution in [2.75, 3.05) is 6.79 Å². The minimum absolute atomic E-state index is 0.219. The van der Waals surface area contributed by atoms with E-state index in [1.54, 1.807) is 6.08 Å². The summed E-state index contributed by atoms with van der Waals surface area (Å²) in [6.45, 7) is 3.98. The summed E-state index contributed by atoms with van der Waals surface area (Å²) in [5.41, 5.74) is 2.00. The summed E-state index contributed by atoms with van der Waals surface area (Å²) in [6.07, 6.45) is 2.96. The predicted molar refractivity (Wildman–Crippen MR) is 91.0 cm³/mol. The van der Waals surface area contributed by atoms with Gasteiger partial charge in [-0.1, -0.05) is 42.5 Å². The minimum Gasteiger partial charge on any atom is -0.457 e. The highest BCUT2D eigenvalue weighted by atomic mass is 16.7. The molecule has 1 aliphatic heterocycles. The fraction of sp³-hybridized carbons (Fsp3) is 0.250. The smallest absolute Gasteiger partial charge is 0.306 e. The lowest BCUT2D eigenvalue weighted by atomic mass is 10.1. The van der Waals surface area contributed by atoms with E-state index >= 15 is 0 Å². The van der Waals surface area contributed by atoms with Crippen LogP contribution in [0.15, 0.2) is 61.2 Å². The topological polar surface area (TPSA) is 44.8 Å². The van der Waals surface area contributed by atoms with Crippen molar-refractivity contribution >= 4 is 5.97 Å². The van der Waals surface area contributed by atoms with Gasteiger partial charge in [0.05, 0.1) is 0 Å². The van der Waals surface area contributed by atoms with Gasteiger partial charge in [-0.25, -0.2) is 0 Å². The second kappa shape index (κ2) is 7.68. The average molecular weight is 324 g/mol. The van der Waals surface area contributed by atoms with Gasteiger partial charge in [-0.3, -0.25) is 4.79 Å².